The van der Waals surface area contributed by atoms with Crippen LogP contribution in [0.2, 0.25) is 0 Å². The topological polar surface area (TPSA) is 154 Å². The summed E-state index contributed by atoms with van der Waals surface area (Å²) in [6.45, 7) is -0.131. The van der Waals surface area contributed by atoms with Crippen molar-refractivity contribution in [2.45, 2.75) is 18.9 Å². The number of amides is 2. The van der Waals surface area contributed by atoms with Crippen LogP contribution < -0.4 is 16.0 Å². The van der Waals surface area contributed by atoms with Crippen molar-refractivity contribution in [3.63, 3.8) is 0 Å². The molecule has 0 saturated carbocycles. The number of para-hydroxylation sites is 1. The molecule has 0 spiro atoms. The standard InChI is InChI=1S/C23H24N6O4/c24-22(25)16-6-8-18(9-7-16)29(17-4-2-1-3-5-17)21(31)11-10-20(30)27-14-19(23(32)33)28-13-12-26-15-28/h1-9,12-13,15,19H,10-11,14H2,(H3,24,25)(H,27,30)(H,32,33). The molecule has 5 N–H and O–H groups in total. The van der Waals surface area contributed by atoms with E-state index in [4.69, 9.17) is 11.1 Å². The summed E-state index contributed by atoms with van der Waals surface area (Å²) >= 11 is 0. The Bertz CT molecular complexity index is 1110. The first kappa shape index (κ1) is 23.2. The van der Waals surface area contributed by atoms with Crippen molar-refractivity contribution in [1.82, 2.24) is 14.9 Å². The van der Waals surface area contributed by atoms with E-state index in [9.17, 15) is 19.5 Å². The Hall–Kier alpha value is -4.47. The van der Waals surface area contributed by atoms with Crippen LogP contribution >= 0.6 is 0 Å². The van der Waals surface area contributed by atoms with E-state index in [2.05, 4.69) is 10.3 Å². The second-order valence-corrected chi connectivity index (χ2v) is 7.19. The summed E-state index contributed by atoms with van der Waals surface area (Å²) in [5.74, 6) is -1.93. The van der Waals surface area contributed by atoms with Gasteiger partial charge in [0.25, 0.3) is 0 Å². The number of aromatic nitrogens is 2. The van der Waals surface area contributed by atoms with Gasteiger partial charge in [-0.3, -0.25) is 19.9 Å². The number of nitrogens with two attached hydrogens (primary N) is 1. The predicted octanol–water partition coefficient (Wildman–Crippen LogP) is 2.05. The fourth-order valence-electron chi connectivity index (χ4n) is 3.21. The lowest BCUT2D eigenvalue weighted by Crippen LogP contribution is -2.35. The number of nitrogens with zero attached hydrogens (tertiary/aromatic N) is 3. The van der Waals surface area contributed by atoms with Crippen LogP contribution in [0, 0.1) is 5.41 Å². The number of nitrogen functional groups attached to an aromatic ring is 1. The van der Waals surface area contributed by atoms with Gasteiger partial charge < -0.3 is 20.7 Å². The Morgan fingerprint density at radius 3 is 2.30 bits per heavy atom. The number of amidine groups is 1. The maximum absolute atomic E-state index is 13.1. The van der Waals surface area contributed by atoms with E-state index in [1.165, 1.54) is 28.2 Å². The van der Waals surface area contributed by atoms with E-state index < -0.39 is 17.9 Å². The van der Waals surface area contributed by atoms with Crippen LogP contribution in [-0.2, 0) is 14.4 Å². The number of hydrogen-bond donors (Lipinski definition) is 4. The number of carbonyl (C=O) groups excluding carboxylic acids is 2. The summed E-state index contributed by atoms with van der Waals surface area (Å²) in [7, 11) is 0. The maximum atomic E-state index is 13.1. The molecule has 0 aliphatic carbocycles. The average molecular weight is 448 g/mol. The van der Waals surface area contributed by atoms with Crippen molar-refractivity contribution in [1.29, 1.82) is 5.41 Å². The van der Waals surface area contributed by atoms with Crippen molar-refractivity contribution >= 4 is 35.0 Å². The van der Waals surface area contributed by atoms with Gasteiger partial charge in [0.15, 0.2) is 0 Å². The fourth-order valence-corrected chi connectivity index (χ4v) is 3.21. The molecule has 0 bridgehead atoms. The number of hydrogen-bond acceptors (Lipinski definition) is 5. The lowest BCUT2D eigenvalue weighted by Gasteiger charge is -2.23. The van der Waals surface area contributed by atoms with Crippen LogP contribution in [0.25, 0.3) is 0 Å². The summed E-state index contributed by atoms with van der Waals surface area (Å²) in [4.78, 5) is 42.2. The number of nitrogens with one attached hydrogen (secondary N) is 2. The van der Waals surface area contributed by atoms with Gasteiger partial charge >= 0.3 is 5.97 Å². The van der Waals surface area contributed by atoms with Gasteiger partial charge in [0.05, 0.1) is 6.33 Å². The minimum atomic E-state index is -1.10. The van der Waals surface area contributed by atoms with Gasteiger partial charge in [-0.1, -0.05) is 18.2 Å². The van der Waals surface area contributed by atoms with E-state index in [1.807, 2.05) is 6.07 Å². The van der Waals surface area contributed by atoms with Gasteiger partial charge in [-0.25, -0.2) is 9.78 Å². The lowest BCUT2D eigenvalue weighted by molar-refractivity contribution is -0.141. The number of carboxylic acids is 1. The minimum absolute atomic E-state index is 0.0776. The monoisotopic (exact) mass is 448 g/mol. The Labute approximate surface area is 190 Å². The predicted molar refractivity (Wildman–Crippen MR) is 122 cm³/mol. The number of imidazole rings is 1. The van der Waals surface area contributed by atoms with Crippen LogP contribution in [0.1, 0.15) is 24.4 Å². The molecule has 3 rings (SSSR count). The van der Waals surface area contributed by atoms with Gasteiger partial charge in [-0.05, 0) is 36.4 Å². The van der Waals surface area contributed by atoms with E-state index in [0.29, 0.717) is 16.9 Å². The third kappa shape index (κ3) is 6.03. The normalized spacial score (nSPS) is 11.4. The molecule has 3 aromatic rings. The van der Waals surface area contributed by atoms with E-state index in [-0.39, 0.29) is 31.1 Å². The minimum Gasteiger partial charge on any atom is -0.480 e. The summed E-state index contributed by atoms with van der Waals surface area (Å²) < 4.78 is 1.38. The van der Waals surface area contributed by atoms with E-state index >= 15 is 0 Å². The van der Waals surface area contributed by atoms with Gasteiger partial charge in [0, 0.05) is 48.7 Å². The van der Waals surface area contributed by atoms with Crippen LogP contribution in [0.4, 0.5) is 11.4 Å². The highest BCUT2D eigenvalue weighted by atomic mass is 16.4. The SMILES string of the molecule is N=C(N)c1ccc(N(C(=O)CCC(=O)NCC(C(=O)O)n2ccnc2)c2ccccc2)cc1. The Morgan fingerprint density at radius 2 is 1.73 bits per heavy atom. The van der Waals surface area contributed by atoms with Crippen LogP contribution in [-0.4, -0.2) is 44.8 Å². The van der Waals surface area contributed by atoms with Gasteiger partial charge in [0.2, 0.25) is 11.8 Å². The maximum Gasteiger partial charge on any atom is 0.328 e. The number of rotatable bonds is 10. The number of carboxylic acid groups (broad SMARTS) is 1. The van der Waals surface area contributed by atoms with E-state index in [1.54, 1.807) is 48.5 Å². The lowest BCUT2D eigenvalue weighted by atomic mass is 10.1. The number of aliphatic carboxylic acids is 1. The van der Waals surface area contributed by atoms with Crippen molar-refractivity contribution in [2.24, 2.45) is 5.73 Å². The first-order valence-electron chi connectivity index (χ1n) is 10.2. The zero-order valence-corrected chi connectivity index (χ0v) is 17.7. The molecular weight excluding hydrogens is 424 g/mol. The summed E-state index contributed by atoms with van der Waals surface area (Å²) in [6, 6.07) is 14.7. The number of anilines is 2. The van der Waals surface area contributed by atoms with Crippen molar-refractivity contribution in [2.75, 3.05) is 11.4 Å². The largest absolute Gasteiger partial charge is 0.480 e. The van der Waals surface area contributed by atoms with Gasteiger partial charge in [-0.2, -0.15) is 0 Å². The van der Waals surface area contributed by atoms with Gasteiger partial charge in [0.1, 0.15) is 11.9 Å². The molecule has 10 nitrogen and oxygen atoms in total. The third-order valence-corrected chi connectivity index (χ3v) is 4.93. The summed E-state index contributed by atoms with van der Waals surface area (Å²) in [5, 5.41) is 19.5. The molecule has 2 aromatic carbocycles. The second-order valence-electron chi connectivity index (χ2n) is 7.19. The molecule has 0 fully saturated rings. The highest BCUT2D eigenvalue weighted by Gasteiger charge is 2.22. The molecule has 1 aromatic heterocycles. The highest BCUT2D eigenvalue weighted by Crippen LogP contribution is 2.26. The average Bonchev–Trinajstić information content (AvgIpc) is 3.33. The Balaban J connectivity index is 1.66. The zero-order chi connectivity index (χ0) is 23.8. The van der Waals surface area contributed by atoms with Crippen molar-refractivity contribution < 1.29 is 19.5 Å². The first-order valence-corrected chi connectivity index (χ1v) is 10.2. The Morgan fingerprint density at radius 1 is 1.06 bits per heavy atom. The summed E-state index contributed by atoms with van der Waals surface area (Å²) in [5.41, 5.74) is 7.24. The smallest absolute Gasteiger partial charge is 0.328 e. The van der Waals surface area contributed by atoms with Crippen LogP contribution in [0.5, 0.6) is 0 Å². The van der Waals surface area contributed by atoms with Crippen LogP contribution in [0.3, 0.4) is 0 Å². The Kier molecular flexibility index (Phi) is 7.53. The second kappa shape index (κ2) is 10.7. The molecule has 0 radical (unpaired) electrons. The molecule has 1 unspecified atom stereocenters. The quantitative estimate of drug-likeness (QED) is 0.275. The van der Waals surface area contributed by atoms with Gasteiger partial charge in [-0.15, -0.1) is 0 Å². The molecule has 0 saturated heterocycles. The number of carbonyl (C=O) groups is 3. The molecule has 1 atom stereocenters. The number of benzene rings is 2. The van der Waals surface area contributed by atoms with Crippen molar-refractivity contribution in [3.8, 4) is 0 Å². The van der Waals surface area contributed by atoms with Crippen LogP contribution in [0.15, 0.2) is 73.3 Å². The molecule has 170 valence electrons. The molecule has 0 aliphatic rings. The zero-order valence-electron chi connectivity index (χ0n) is 17.7. The first-order chi connectivity index (χ1) is 15.9. The highest BCUT2D eigenvalue weighted by molar-refractivity contribution is 6.02. The third-order valence-electron chi connectivity index (χ3n) is 4.93. The van der Waals surface area contributed by atoms with E-state index in [0.717, 1.165) is 0 Å². The molecular formula is C23H24N6O4. The molecule has 0 aliphatic heterocycles. The van der Waals surface area contributed by atoms with Crippen molar-refractivity contribution in [3.05, 3.63) is 78.9 Å². The molecule has 1 heterocycles. The molecule has 2 amide bonds. The summed E-state index contributed by atoms with van der Waals surface area (Å²) in [6.07, 6.45) is 4.13. The molecule has 10 heteroatoms. The fraction of sp³-hybridized carbons (Fsp3) is 0.174. The molecule has 33 heavy (non-hydrogen) atoms.